The van der Waals surface area contributed by atoms with E-state index < -0.39 is 6.10 Å². The minimum absolute atomic E-state index is 0.0850. The molecule has 0 aliphatic heterocycles. The Bertz CT molecular complexity index is 797. The molecule has 6 N–H and O–H groups in total. The summed E-state index contributed by atoms with van der Waals surface area (Å²) >= 11 is 0. The average Bonchev–Trinajstić information content (AvgIpc) is 2.93. The van der Waals surface area contributed by atoms with Gasteiger partial charge in [0.1, 0.15) is 5.82 Å². The molecule has 0 saturated carbocycles. The lowest BCUT2D eigenvalue weighted by molar-refractivity contribution is 0.174. The molecule has 7 nitrogen and oxygen atoms in total. The molecule has 0 aliphatic carbocycles. The van der Waals surface area contributed by atoms with Gasteiger partial charge < -0.3 is 16.6 Å². The van der Waals surface area contributed by atoms with Crippen LogP contribution in [0.5, 0.6) is 0 Å². The van der Waals surface area contributed by atoms with Crippen molar-refractivity contribution < 1.29 is 5.11 Å². The number of fused-ring (bicyclic) bond motifs is 1. The summed E-state index contributed by atoms with van der Waals surface area (Å²) in [6.45, 7) is 1.86. The zero-order valence-electron chi connectivity index (χ0n) is 11.5. The summed E-state index contributed by atoms with van der Waals surface area (Å²) in [6.07, 6.45) is 1.50. The summed E-state index contributed by atoms with van der Waals surface area (Å²) in [5.74, 6) is 0.293. The molecular weight excluding hydrogens is 268 g/mol. The number of anilines is 2. The Balaban J connectivity index is 2.24. The highest BCUT2D eigenvalue weighted by Crippen LogP contribution is 2.33. The molecule has 2 heterocycles. The summed E-state index contributed by atoms with van der Waals surface area (Å²) in [5.41, 5.74) is 14.4. The summed E-state index contributed by atoms with van der Waals surface area (Å²) in [5, 5.41) is 18.0. The number of nitrogens with one attached hydrogen (secondary N) is 1. The lowest BCUT2D eigenvalue weighted by Crippen LogP contribution is -2.10. The van der Waals surface area contributed by atoms with Crippen LogP contribution < -0.4 is 11.5 Å². The van der Waals surface area contributed by atoms with Crippen molar-refractivity contribution in [2.45, 2.75) is 19.4 Å². The van der Waals surface area contributed by atoms with Gasteiger partial charge in [0.2, 0.25) is 5.95 Å². The SMILES string of the molecule is CCC(O)c1c(N)nc(N)nc1-c1ccc2[nH]ncc2c1. The molecular formula is C14H16N6O. The lowest BCUT2D eigenvalue weighted by Gasteiger charge is -2.16. The van der Waals surface area contributed by atoms with Gasteiger partial charge in [-0.25, -0.2) is 4.98 Å². The average molecular weight is 284 g/mol. The first kappa shape index (κ1) is 13.3. The minimum Gasteiger partial charge on any atom is -0.388 e. The van der Waals surface area contributed by atoms with Crippen LogP contribution in [0.25, 0.3) is 22.2 Å². The molecule has 3 rings (SSSR count). The number of aromatic nitrogens is 4. The van der Waals surface area contributed by atoms with E-state index in [9.17, 15) is 5.11 Å². The van der Waals surface area contributed by atoms with Crippen LogP contribution in [0, 0.1) is 0 Å². The molecule has 2 aromatic heterocycles. The van der Waals surface area contributed by atoms with E-state index in [-0.39, 0.29) is 11.8 Å². The normalized spacial score (nSPS) is 12.7. The number of aliphatic hydroxyl groups excluding tert-OH is 1. The standard InChI is InChI=1S/C14H16N6O/c1-2-10(21)11-12(18-14(16)19-13(11)15)7-3-4-9-8(5-7)6-17-20-9/h3-6,10,21H,2H2,1H3,(H,17,20)(H4,15,16,18,19). The van der Waals surface area contributed by atoms with Crippen LogP contribution in [0.4, 0.5) is 11.8 Å². The van der Waals surface area contributed by atoms with Crippen molar-refractivity contribution in [1.82, 2.24) is 20.2 Å². The zero-order chi connectivity index (χ0) is 15.0. The maximum absolute atomic E-state index is 10.2. The number of aromatic amines is 1. The van der Waals surface area contributed by atoms with Crippen LogP contribution in [0.15, 0.2) is 24.4 Å². The van der Waals surface area contributed by atoms with Crippen LogP contribution in [0.1, 0.15) is 25.0 Å². The van der Waals surface area contributed by atoms with Crippen molar-refractivity contribution in [2.24, 2.45) is 0 Å². The number of nitrogens with two attached hydrogens (primary N) is 2. The van der Waals surface area contributed by atoms with Crippen LogP contribution in [-0.2, 0) is 0 Å². The number of rotatable bonds is 3. The third-order valence-corrected chi connectivity index (χ3v) is 3.43. The highest BCUT2D eigenvalue weighted by atomic mass is 16.3. The second kappa shape index (κ2) is 5.02. The van der Waals surface area contributed by atoms with Gasteiger partial charge in [0.25, 0.3) is 0 Å². The van der Waals surface area contributed by atoms with Crippen molar-refractivity contribution in [3.63, 3.8) is 0 Å². The van der Waals surface area contributed by atoms with Crippen molar-refractivity contribution in [2.75, 3.05) is 11.5 Å². The topological polar surface area (TPSA) is 127 Å². The van der Waals surface area contributed by atoms with Crippen LogP contribution in [0.3, 0.4) is 0 Å². The second-order valence-corrected chi connectivity index (χ2v) is 4.83. The number of benzene rings is 1. The third-order valence-electron chi connectivity index (χ3n) is 3.43. The highest BCUT2D eigenvalue weighted by Gasteiger charge is 2.19. The Morgan fingerprint density at radius 2 is 2.10 bits per heavy atom. The number of nitrogen functional groups attached to an aromatic ring is 2. The van der Waals surface area contributed by atoms with Crippen molar-refractivity contribution in [1.29, 1.82) is 0 Å². The van der Waals surface area contributed by atoms with Gasteiger partial charge in [-0.3, -0.25) is 5.10 Å². The predicted octanol–water partition coefficient (Wildman–Crippen LogP) is 1.63. The molecule has 0 amide bonds. The van der Waals surface area contributed by atoms with Crippen molar-refractivity contribution in [3.05, 3.63) is 30.0 Å². The zero-order valence-corrected chi connectivity index (χ0v) is 11.5. The molecule has 0 aliphatic rings. The Labute approximate surface area is 121 Å². The Hall–Kier alpha value is -2.67. The van der Waals surface area contributed by atoms with Gasteiger partial charge in [0.15, 0.2) is 0 Å². The van der Waals surface area contributed by atoms with E-state index in [0.29, 0.717) is 17.7 Å². The van der Waals surface area contributed by atoms with E-state index in [1.807, 2.05) is 25.1 Å². The molecule has 1 unspecified atom stereocenters. The fourth-order valence-corrected chi connectivity index (χ4v) is 2.35. The monoisotopic (exact) mass is 284 g/mol. The van der Waals surface area contributed by atoms with Gasteiger partial charge in [0, 0.05) is 16.5 Å². The maximum Gasteiger partial charge on any atom is 0.222 e. The third kappa shape index (κ3) is 2.27. The quantitative estimate of drug-likeness (QED) is 0.579. The first-order valence-corrected chi connectivity index (χ1v) is 6.64. The van der Waals surface area contributed by atoms with Gasteiger partial charge in [-0.15, -0.1) is 0 Å². The summed E-state index contributed by atoms with van der Waals surface area (Å²) in [7, 11) is 0. The largest absolute Gasteiger partial charge is 0.388 e. The molecule has 3 aromatic rings. The second-order valence-electron chi connectivity index (χ2n) is 4.83. The van der Waals surface area contributed by atoms with E-state index in [2.05, 4.69) is 20.2 Å². The number of nitrogens with zero attached hydrogens (tertiary/aromatic N) is 3. The Kier molecular flexibility index (Phi) is 3.19. The maximum atomic E-state index is 10.2. The number of hydrogen-bond acceptors (Lipinski definition) is 6. The fraction of sp³-hybridized carbons (Fsp3) is 0.214. The van der Waals surface area contributed by atoms with Gasteiger partial charge in [-0.1, -0.05) is 13.0 Å². The highest BCUT2D eigenvalue weighted by molar-refractivity contribution is 5.84. The van der Waals surface area contributed by atoms with E-state index in [1.165, 1.54) is 0 Å². The fourth-order valence-electron chi connectivity index (χ4n) is 2.35. The Morgan fingerprint density at radius 3 is 2.86 bits per heavy atom. The number of hydrogen-bond donors (Lipinski definition) is 4. The number of aliphatic hydroxyl groups is 1. The molecule has 21 heavy (non-hydrogen) atoms. The lowest BCUT2D eigenvalue weighted by atomic mass is 10.00. The Morgan fingerprint density at radius 1 is 1.29 bits per heavy atom. The van der Waals surface area contributed by atoms with Gasteiger partial charge in [0.05, 0.1) is 23.5 Å². The smallest absolute Gasteiger partial charge is 0.222 e. The molecule has 7 heteroatoms. The van der Waals surface area contributed by atoms with E-state index in [1.54, 1.807) is 6.20 Å². The summed E-state index contributed by atoms with van der Waals surface area (Å²) in [6, 6.07) is 5.70. The van der Waals surface area contributed by atoms with Gasteiger partial charge in [-0.2, -0.15) is 10.1 Å². The molecule has 0 saturated heterocycles. The van der Waals surface area contributed by atoms with Crippen LogP contribution in [-0.4, -0.2) is 25.3 Å². The molecule has 0 bridgehead atoms. The summed E-state index contributed by atoms with van der Waals surface area (Å²) in [4.78, 5) is 8.21. The molecule has 0 radical (unpaired) electrons. The van der Waals surface area contributed by atoms with Gasteiger partial charge in [-0.05, 0) is 18.6 Å². The molecule has 1 aromatic carbocycles. The minimum atomic E-state index is -0.736. The van der Waals surface area contributed by atoms with E-state index in [0.717, 1.165) is 16.5 Å². The first-order chi connectivity index (χ1) is 10.1. The molecule has 108 valence electrons. The van der Waals surface area contributed by atoms with E-state index in [4.69, 9.17) is 11.5 Å². The van der Waals surface area contributed by atoms with Crippen molar-refractivity contribution >= 4 is 22.7 Å². The molecule has 0 spiro atoms. The van der Waals surface area contributed by atoms with Crippen LogP contribution >= 0.6 is 0 Å². The number of H-pyrrole nitrogens is 1. The van der Waals surface area contributed by atoms with Crippen molar-refractivity contribution in [3.8, 4) is 11.3 Å². The first-order valence-electron chi connectivity index (χ1n) is 6.64. The summed E-state index contributed by atoms with van der Waals surface area (Å²) < 4.78 is 0. The molecule has 1 atom stereocenters. The van der Waals surface area contributed by atoms with Gasteiger partial charge >= 0.3 is 0 Å². The van der Waals surface area contributed by atoms with Crippen LogP contribution in [0.2, 0.25) is 0 Å². The van der Waals surface area contributed by atoms with E-state index >= 15 is 0 Å². The predicted molar refractivity (Wildman–Crippen MR) is 81.2 cm³/mol. The molecule has 0 fully saturated rings.